The number of carbonyl (C=O) groups excluding carboxylic acids is 1. The summed E-state index contributed by atoms with van der Waals surface area (Å²) < 4.78 is 26.3. The van der Waals surface area contributed by atoms with Gasteiger partial charge in [0.05, 0.1) is 21.0 Å². The summed E-state index contributed by atoms with van der Waals surface area (Å²) >= 11 is 0. The van der Waals surface area contributed by atoms with Crippen LogP contribution in [-0.4, -0.2) is 24.3 Å². The van der Waals surface area contributed by atoms with Gasteiger partial charge in [0.2, 0.25) is 9.84 Å². The fourth-order valence-electron chi connectivity index (χ4n) is 3.81. The van der Waals surface area contributed by atoms with Crippen molar-refractivity contribution in [2.45, 2.75) is 9.79 Å². The van der Waals surface area contributed by atoms with E-state index in [1.54, 1.807) is 30.3 Å². The Kier molecular flexibility index (Phi) is 4.40. The smallest absolute Gasteiger partial charge is 0.208 e. The molecular weight excluding hydrogens is 424 g/mol. The quantitative estimate of drug-likeness (QED) is 0.320. The standard InChI is InChI=1S/C25H14N2O4S/c26-14-19(21-12-10-15-5-1-3-7-20(15)27-21)24(28)16-9-11-18-23(13-16)32(30,31)22-8-4-2-6-17(22)25(18)29/h1-13,28H. The van der Waals surface area contributed by atoms with Gasteiger partial charge in [-0.25, -0.2) is 13.4 Å². The Hall–Kier alpha value is -4.28. The lowest BCUT2D eigenvalue weighted by Gasteiger charge is -2.19. The maximum absolute atomic E-state index is 13.1. The summed E-state index contributed by atoms with van der Waals surface area (Å²) in [6, 6.07) is 22.7. The number of fused-ring (bicyclic) bond motifs is 3. The molecule has 0 saturated heterocycles. The number of sulfone groups is 1. The number of hydrogen-bond donors (Lipinski definition) is 1. The molecule has 0 aliphatic carbocycles. The van der Waals surface area contributed by atoms with Crippen LogP contribution in [-0.2, 0) is 9.84 Å². The zero-order chi connectivity index (χ0) is 22.5. The molecule has 1 aliphatic rings. The number of rotatable bonds is 2. The second-order valence-electron chi connectivity index (χ2n) is 7.26. The number of carbonyl (C=O) groups is 1. The van der Waals surface area contributed by atoms with E-state index in [1.165, 1.54) is 30.3 Å². The van der Waals surface area contributed by atoms with Gasteiger partial charge in [0, 0.05) is 22.1 Å². The van der Waals surface area contributed by atoms with Gasteiger partial charge in [-0.1, -0.05) is 42.5 Å². The number of nitriles is 1. The van der Waals surface area contributed by atoms with E-state index in [9.17, 15) is 23.6 Å². The average molecular weight is 438 g/mol. The number of allylic oxidation sites excluding steroid dienone is 1. The number of hydrogen-bond acceptors (Lipinski definition) is 6. The van der Waals surface area contributed by atoms with Crippen molar-refractivity contribution >= 4 is 37.9 Å². The highest BCUT2D eigenvalue weighted by molar-refractivity contribution is 7.91. The summed E-state index contributed by atoms with van der Waals surface area (Å²) in [4.78, 5) is 17.0. The minimum atomic E-state index is -3.97. The van der Waals surface area contributed by atoms with Gasteiger partial charge < -0.3 is 5.11 Å². The molecule has 32 heavy (non-hydrogen) atoms. The molecule has 6 nitrogen and oxygen atoms in total. The fraction of sp³-hybridized carbons (Fsp3) is 0. The molecule has 0 atom stereocenters. The minimum absolute atomic E-state index is 0.0302. The largest absolute Gasteiger partial charge is 0.506 e. The molecule has 0 amide bonds. The number of aliphatic hydroxyl groups is 1. The first kappa shape index (κ1) is 19.7. The molecule has 1 N–H and O–H groups in total. The Morgan fingerprint density at radius 1 is 0.875 bits per heavy atom. The molecule has 0 radical (unpaired) electrons. The van der Waals surface area contributed by atoms with Crippen LogP contribution in [0.1, 0.15) is 27.2 Å². The van der Waals surface area contributed by atoms with Crippen LogP contribution in [0, 0.1) is 11.3 Å². The number of aliphatic hydroxyl groups excluding tert-OH is 1. The molecule has 1 aromatic heterocycles. The third kappa shape index (κ3) is 2.89. The van der Waals surface area contributed by atoms with Crippen molar-refractivity contribution in [3.8, 4) is 6.07 Å². The van der Waals surface area contributed by atoms with Gasteiger partial charge >= 0.3 is 0 Å². The van der Waals surface area contributed by atoms with Crippen LogP contribution in [0.3, 0.4) is 0 Å². The predicted octanol–water partition coefficient (Wildman–Crippen LogP) is 4.56. The summed E-state index contributed by atoms with van der Waals surface area (Å²) in [5.74, 6) is -0.822. The van der Waals surface area contributed by atoms with Crippen LogP contribution in [0.15, 0.2) is 88.7 Å². The number of aromatic nitrogens is 1. The van der Waals surface area contributed by atoms with E-state index >= 15 is 0 Å². The summed E-state index contributed by atoms with van der Waals surface area (Å²) in [5.41, 5.74) is 1.06. The molecule has 4 aromatic rings. The van der Waals surface area contributed by atoms with E-state index in [-0.39, 0.29) is 37.7 Å². The molecule has 0 saturated carbocycles. The molecule has 7 heteroatoms. The molecule has 2 heterocycles. The first-order chi connectivity index (χ1) is 15.4. The Morgan fingerprint density at radius 2 is 1.59 bits per heavy atom. The Morgan fingerprint density at radius 3 is 2.41 bits per heavy atom. The van der Waals surface area contributed by atoms with E-state index in [0.29, 0.717) is 5.52 Å². The lowest BCUT2D eigenvalue weighted by atomic mass is 9.99. The topological polar surface area (TPSA) is 108 Å². The Bertz CT molecular complexity index is 1630. The third-order valence-corrected chi connectivity index (χ3v) is 7.27. The van der Waals surface area contributed by atoms with E-state index in [1.807, 2.05) is 24.3 Å². The van der Waals surface area contributed by atoms with E-state index < -0.39 is 21.4 Å². The van der Waals surface area contributed by atoms with Crippen LogP contribution in [0.2, 0.25) is 0 Å². The van der Waals surface area contributed by atoms with Crippen LogP contribution in [0.5, 0.6) is 0 Å². The van der Waals surface area contributed by atoms with Crippen molar-refractivity contribution in [1.29, 1.82) is 5.26 Å². The molecule has 1 aliphatic heterocycles. The SMILES string of the molecule is N#CC(=C(O)c1ccc2c(c1)S(=O)(=O)c1ccccc1C2=O)c1ccc2ccccc2n1. The monoisotopic (exact) mass is 438 g/mol. The number of para-hydroxylation sites is 1. The van der Waals surface area contributed by atoms with E-state index in [4.69, 9.17) is 0 Å². The predicted molar refractivity (Wildman–Crippen MR) is 119 cm³/mol. The minimum Gasteiger partial charge on any atom is -0.506 e. The van der Waals surface area contributed by atoms with Crippen molar-refractivity contribution in [3.63, 3.8) is 0 Å². The van der Waals surface area contributed by atoms with Crippen molar-refractivity contribution < 1.29 is 18.3 Å². The zero-order valence-electron chi connectivity index (χ0n) is 16.5. The van der Waals surface area contributed by atoms with Gasteiger partial charge in [0.25, 0.3) is 0 Å². The third-order valence-electron chi connectivity index (χ3n) is 5.41. The highest BCUT2D eigenvalue weighted by Gasteiger charge is 2.35. The average Bonchev–Trinajstić information content (AvgIpc) is 2.83. The second kappa shape index (κ2) is 7.15. The highest BCUT2D eigenvalue weighted by Crippen LogP contribution is 2.36. The summed E-state index contributed by atoms with van der Waals surface area (Å²) in [6.45, 7) is 0. The maximum Gasteiger partial charge on any atom is 0.208 e. The first-order valence-corrected chi connectivity index (χ1v) is 11.1. The van der Waals surface area contributed by atoms with Crippen LogP contribution in [0.4, 0.5) is 0 Å². The van der Waals surface area contributed by atoms with Crippen molar-refractivity contribution in [1.82, 2.24) is 4.98 Å². The van der Waals surface area contributed by atoms with Crippen molar-refractivity contribution in [2.75, 3.05) is 0 Å². The van der Waals surface area contributed by atoms with Gasteiger partial charge in [-0.3, -0.25) is 4.79 Å². The van der Waals surface area contributed by atoms with Crippen LogP contribution >= 0.6 is 0 Å². The Labute approximate surface area is 183 Å². The van der Waals surface area contributed by atoms with E-state index in [2.05, 4.69) is 4.98 Å². The number of pyridine rings is 1. The number of benzene rings is 3. The number of ketones is 1. The Balaban J connectivity index is 1.68. The van der Waals surface area contributed by atoms with Crippen molar-refractivity contribution in [3.05, 3.63) is 101 Å². The highest BCUT2D eigenvalue weighted by atomic mass is 32.2. The molecule has 0 unspecified atom stereocenters. The normalized spacial score (nSPS) is 14.8. The first-order valence-electron chi connectivity index (χ1n) is 9.64. The summed E-state index contributed by atoms with van der Waals surface area (Å²) in [7, 11) is -3.97. The number of nitrogens with zero attached hydrogens (tertiary/aromatic N) is 2. The lowest BCUT2D eigenvalue weighted by Crippen LogP contribution is -2.20. The molecule has 0 fully saturated rings. The maximum atomic E-state index is 13.1. The van der Waals surface area contributed by atoms with Gasteiger partial charge in [-0.05, 0) is 36.4 Å². The van der Waals surface area contributed by atoms with E-state index in [0.717, 1.165) is 5.39 Å². The van der Waals surface area contributed by atoms with Gasteiger partial charge in [0.1, 0.15) is 17.4 Å². The fourth-order valence-corrected chi connectivity index (χ4v) is 5.49. The van der Waals surface area contributed by atoms with Crippen molar-refractivity contribution in [2.24, 2.45) is 0 Å². The molecule has 3 aromatic carbocycles. The molecule has 154 valence electrons. The van der Waals surface area contributed by atoms with Crippen LogP contribution in [0.25, 0.3) is 22.2 Å². The molecule has 0 spiro atoms. The van der Waals surface area contributed by atoms with Gasteiger partial charge in [-0.15, -0.1) is 0 Å². The zero-order valence-corrected chi connectivity index (χ0v) is 17.3. The summed E-state index contributed by atoms with van der Waals surface area (Å²) in [6.07, 6.45) is 0. The molecule has 5 rings (SSSR count). The lowest BCUT2D eigenvalue weighted by molar-refractivity contribution is 0.103. The molecular formula is C25H14N2O4S. The second-order valence-corrected chi connectivity index (χ2v) is 9.15. The van der Waals surface area contributed by atoms with Gasteiger partial charge in [-0.2, -0.15) is 5.26 Å². The van der Waals surface area contributed by atoms with Crippen LogP contribution < -0.4 is 0 Å². The molecule has 0 bridgehead atoms. The van der Waals surface area contributed by atoms with Gasteiger partial charge in [0.15, 0.2) is 5.78 Å². The summed E-state index contributed by atoms with van der Waals surface area (Å²) in [5, 5.41) is 21.5.